The smallest absolute Gasteiger partial charge is 0.164 e. The molecule has 0 spiro atoms. The molecule has 322 valence electrons. The maximum Gasteiger partial charge on any atom is 0.164 e. The summed E-state index contributed by atoms with van der Waals surface area (Å²) in [6, 6.07) is 80.3. The van der Waals surface area contributed by atoms with Crippen molar-refractivity contribution in [3.8, 4) is 73.2 Å². The quantitative estimate of drug-likeness (QED) is 0.159. The maximum atomic E-state index is 6.80. The van der Waals surface area contributed by atoms with E-state index in [1.807, 2.05) is 60.7 Å². The zero-order valence-corrected chi connectivity index (χ0v) is 37.0. The van der Waals surface area contributed by atoms with E-state index in [1.54, 1.807) is 0 Å². The molecule has 0 aliphatic heterocycles. The molecular formula is C63H38N4O2. The number of furan rings is 2. The minimum atomic E-state index is 0.616. The molecule has 0 saturated carbocycles. The Balaban J connectivity index is 0.851. The first-order valence-corrected chi connectivity index (χ1v) is 23.2. The lowest BCUT2D eigenvalue weighted by Crippen LogP contribution is -2.00. The molecule has 0 N–H and O–H groups in total. The van der Waals surface area contributed by atoms with Crippen molar-refractivity contribution < 1.29 is 8.83 Å². The first-order valence-electron chi connectivity index (χ1n) is 23.2. The topological polar surface area (TPSA) is 69.9 Å². The third-order valence-corrected chi connectivity index (χ3v) is 13.5. The summed E-state index contributed by atoms with van der Waals surface area (Å²) in [5.74, 6) is 1.88. The van der Waals surface area contributed by atoms with E-state index in [9.17, 15) is 0 Å². The van der Waals surface area contributed by atoms with Crippen LogP contribution in [-0.2, 0) is 0 Å². The van der Waals surface area contributed by atoms with Gasteiger partial charge in [-0.1, -0.05) is 170 Å². The highest BCUT2D eigenvalue weighted by Gasteiger charge is 2.21. The average Bonchev–Trinajstić information content (AvgIpc) is 4.10. The van der Waals surface area contributed by atoms with Gasteiger partial charge in [0.1, 0.15) is 22.3 Å². The predicted octanol–water partition coefficient (Wildman–Crippen LogP) is 16.8. The summed E-state index contributed by atoms with van der Waals surface area (Å²) in [4.78, 5) is 14.9. The second kappa shape index (κ2) is 15.6. The van der Waals surface area contributed by atoms with E-state index >= 15 is 0 Å². The number of aromatic nitrogens is 4. The van der Waals surface area contributed by atoms with E-state index in [0.717, 1.165) is 99.5 Å². The summed E-state index contributed by atoms with van der Waals surface area (Å²) < 4.78 is 15.9. The van der Waals surface area contributed by atoms with Crippen molar-refractivity contribution in [1.29, 1.82) is 0 Å². The summed E-state index contributed by atoms with van der Waals surface area (Å²) in [7, 11) is 0. The van der Waals surface area contributed by atoms with E-state index in [0.29, 0.717) is 17.5 Å². The van der Waals surface area contributed by atoms with Gasteiger partial charge in [-0.3, -0.25) is 0 Å². The predicted molar refractivity (Wildman–Crippen MR) is 281 cm³/mol. The van der Waals surface area contributed by atoms with Crippen LogP contribution in [0.5, 0.6) is 0 Å². The SMILES string of the molecule is c1ccc(-c2ccc3c(c2)c2ccccc2n3-c2ccc3c(c2)oc2cccc(-c4cccc5c4oc4ccc(-c6cccc(-c7nc(-c8ccccc8)nc(-c8ccccc8)n7)c6)cc45)c23)cc1. The van der Waals surface area contributed by atoms with E-state index in [4.69, 9.17) is 23.8 Å². The van der Waals surface area contributed by atoms with E-state index in [-0.39, 0.29) is 0 Å². The Kier molecular flexibility index (Phi) is 8.79. The number of hydrogen-bond acceptors (Lipinski definition) is 5. The van der Waals surface area contributed by atoms with Crippen LogP contribution in [0.25, 0.3) is 139 Å². The molecule has 0 atom stereocenters. The molecule has 0 bridgehead atoms. The minimum absolute atomic E-state index is 0.616. The fraction of sp³-hybridized carbons (Fsp3) is 0. The maximum absolute atomic E-state index is 6.80. The van der Waals surface area contributed by atoms with Gasteiger partial charge in [0.25, 0.3) is 0 Å². The largest absolute Gasteiger partial charge is 0.456 e. The number of nitrogens with zero attached hydrogens (tertiary/aromatic N) is 4. The van der Waals surface area contributed by atoms with Gasteiger partial charge in [0.2, 0.25) is 0 Å². The molecule has 69 heavy (non-hydrogen) atoms. The van der Waals surface area contributed by atoms with Gasteiger partial charge in [-0.05, 0) is 82.4 Å². The Morgan fingerprint density at radius 1 is 0.290 bits per heavy atom. The van der Waals surface area contributed by atoms with Gasteiger partial charge >= 0.3 is 0 Å². The van der Waals surface area contributed by atoms with Crippen LogP contribution in [0.15, 0.2) is 239 Å². The first kappa shape index (κ1) is 38.8. The zero-order chi connectivity index (χ0) is 45.4. The minimum Gasteiger partial charge on any atom is -0.456 e. The zero-order valence-electron chi connectivity index (χ0n) is 37.0. The lowest BCUT2D eigenvalue weighted by atomic mass is 9.96. The summed E-state index contributed by atoms with van der Waals surface area (Å²) in [6.45, 7) is 0. The number of para-hydroxylation sites is 2. The van der Waals surface area contributed by atoms with Crippen molar-refractivity contribution in [3.63, 3.8) is 0 Å². The van der Waals surface area contributed by atoms with Crippen LogP contribution in [-0.4, -0.2) is 19.5 Å². The van der Waals surface area contributed by atoms with Gasteiger partial charge in [-0.2, -0.15) is 0 Å². The number of fused-ring (bicyclic) bond motifs is 9. The fourth-order valence-corrected chi connectivity index (χ4v) is 10.2. The van der Waals surface area contributed by atoms with Crippen LogP contribution in [0.2, 0.25) is 0 Å². The van der Waals surface area contributed by atoms with E-state index < -0.39 is 0 Å². The monoisotopic (exact) mass is 882 g/mol. The molecule has 6 heteroatoms. The normalized spacial score (nSPS) is 11.8. The highest BCUT2D eigenvalue weighted by atomic mass is 16.3. The Labute approximate surface area is 396 Å². The average molecular weight is 883 g/mol. The Bertz CT molecular complexity index is 4250. The lowest BCUT2D eigenvalue weighted by molar-refractivity contribution is 0.668. The van der Waals surface area contributed by atoms with Gasteiger partial charge in [0.15, 0.2) is 17.5 Å². The summed E-state index contributed by atoms with van der Waals surface area (Å²) >= 11 is 0. The molecule has 0 saturated heterocycles. The molecule has 0 aliphatic rings. The molecule has 0 unspecified atom stereocenters. The molecule has 4 aromatic heterocycles. The van der Waals surface area contributed by atoms with Gasteiger partial charge in [-0.25, -0.2) is 15.0 Å². The second-order valence-electron chi connectivity index (χ2n) is 17.5. The Morgan fingerprint density at radius 2 is 0.855 bits per heavy atom. The van der Waals surface area contributed by atoms with Crippen LogP contribution in [0.3, 0.4) is 0 Å². The van der Waals surface area contributed by atoms with Gasteiger partial charge in [0.05, 0.1) is 11.0 Å². The molecule has 0 radical (unpaired) electrons. The van der Waals surface area contributed by atoms with Crippen molar-refractivity contribution in [3.05, 3.63) is 231 Å². The van der Waals surface area contributed by atoms with Crippen LogP contribution >= 0.6 is 0 Å². The fourth-order valence-electron chi connectivity index (χ4n) is 10.2. The molecule has 6 nitrogen and oxygen atoms in total. The second-order valence-corrected chi connectivity index (χ2v) is 17.5. The third-order valence-electron chi connectivity index (χ3n) is 13.5. The molecule has 0 aliphatic carbocycles. The first-order chi connectivity index (χ1) is 34.2. The van der Waals surface area contributed by atoms with Crippen molar-refractivity contribution in [2.45, 2.75) is 0 Å². The molecule has 0 fully saturated rings. The van der Waals surface area contributed by atoms with Crippen LogP contribution in [0.1, 0.15) is 0 Å². The number of hydrogen-bond donors (Lipinski definition) is 0. The van der Waals surface area contributed by atoms with E-state index in [2.05, 4.69) is 174 Å². The summed E-state index contributed by atoms with van der Waals surface area (Å²) in [5.41, 5.74) is 16.0. The number of benzene rings is 10. The summed E-state index contributed by atoms with van der Waals surface area (Å²) in [6.07, 6.45) is 0. The van der Waals surface area contributed by atoms with Crippen LogP contribution in [0.4, 0.5) is 0 Å². The molecule has 4 heterocycles. The highest BCUT2D eigenvalue weighted by Crippen LogP contribution is 2.44. The van der Waals surface area contributed by atoms with Gasteiger partial charge in [0, 0.05) is 66.3 Å². The highest BCUT2D eigenvalue weighted by molar-refractivity contribution is 6.18. The third kappa shape index (κ3) is 6.45. The summed E-state index contributed by atoms with van der Waals surface area (Å²) in [5, 5.41) is 6.63. The number of rotatable bonds is 7. The Morgan fingerprint density at radius 3 is 1.64 bits per heavy atom. The molecule has 10 aromatic carbocycles. The van der Waals surface area contributed by atoms with Gasteiger partial charge < -0.3 is 13.4 Å². The van der Waals surface area contributed by atoms with Crippen LogP contribution in [0, 0.1) is 0 Å². The van der Waals surface area contributed by atoms with Crippen molar-refractivity contribution in [1.82, 2.24) is 19.5 Å². The van der Waals surface area contributed by atoms with Crippen molar-refractivity contribution in [2.75, 3.05) is 0 Å². The molecule has 14 rings (SSSR count). The van der Waals surface area contributed by atoms with E-state index in [1.165, 1.54) is 21.9 Å². The molecule has 0 amide bonds. The molecule has 14 aromatic rings. The Hall–Kier alpha value is -9.39. The van der Waals surface area contributed by atoms with Crippen molar-refractivity contribution >= 4 is 65.7 Å². The van der Waals surface area contributed by atoms with Crippen molar-refractivity contribution in [2.24, 2.45) is 0 Å². The standard InChI is InChI=1S/C63H38N4O2/c1-4-15-39(16-5-1)43-29-33-55-52(36-43)47-23-10-11-27-54(47)67(55)46-31-32-51-58(38-46)68-57-28-14-24-48(59(51)57)49-25-13-26-50-53-37-44(30-34-56(53)69-60(49)50)42-21-12-22-45(35-42)63-65-61(40-17-6-2-7-18-40)64-62(66-63)41-19-8-3-9-20-41/h1-38H. The lowest BCUT2D eigenvalue weighted by Gasteiger charge is -2.09. The van der Waals surface area contributed by atoms with Crippen LogP contribution < -0.4 is 0 Å². The molecular weight excluding hydrogens is 845 g/mol. The van der Waals surface area contributed by atoms with Gasteiger partial charge in [-0.15, -0.1) is 0 Å².